The van der Waals surface area contributed by atoms with E-state index in [4.69, 9.17) is 0 Å². The number of carbonyl (C=O) groups excluding carboxylic acids is 1. The van der Waals surface area contributed by atoms with Crippen molar-refractivity contribution in [1.82, 2.24) is 5.32 Å². The number of amides is 1. The van der Waals surface area contributed by atoms with Gasteiger partial charge in [-0.2, -0.15) is 0 Å². The van der Waals surface area contributed by atoms with Crippen LogP contribution in [-0.4, -0.2) is 5.91 Å². The fourth-order valence-corrected chi connectivity index (χ4v) is 2.71. The third-order valence-corrected chi connectivity index (χ3v) is 4.17. The summed E-state index contributed by atoms with van der Waals surface area (Å²) in [4.78, 5) is 12.5. The standard InChI is InChI=1S/C21H15F4NO/c1-12-7-9-14(10-8-12)20(13-5-3-2-4-6-13)26-21(27)15-11-16(22)18(24)19(25)17(15)23/h2-11,20H,1H3,(H,26,27). The van der Waals surface area contributed by atoms with Crippen LogP contribution in [0, 0.1) is 30.2 Å². The summed E-state index contributed by atoms with van der Waals surface area (Å²) >= 11 is 0. The molecule has 27 heavy (non-hydrogen) atoms. The van der Waals surface area contributed by atoms with Crippen molar-refractivity contribution in [2.75, 3.05) is 0 Å². The molecule has 1 amide bonds. The van der Waals surface area contributed by atoms with Crippen LogP contribution in [-0.2, 0) is 0 Å². The van der Waals surface area contributed by atoms with E-state index >= 15 is 0 Å². The van der Waals surface area contributed by atoms with Crippen LogP contribution < -0.4 is 5.32 Å². The van der Waals surface area contributed by atoms with Gasteiger partial charge in [-0.15, -0.1) is 0 Å². The van der Waals surface area contributed by atoms with Gasteiger partial charge < -0.3 is 5.32 Å². The van der Waals surface area contributed by atoms with Gasteiger partial charge in [0.1, 0.15) is 0 Å². The summed E-state index contributed by atoms with van der Waals surface area (Å²) in [5.41, 5.74) is 1.49. The maximum atomic E-state index is 14.0. The normalized spacial score (nSPS) is 11.9. The van der Waals surface area contributed by atoms with Crippen LogP contribution in [0.5, 0.6) is 0 Å². The minimum absolute atomic E-state index is 0.347. The molecule has 2 nitrogen and oxygen atoms in total. The minimum Gasteiger partial charge on any atom is -0.341 e. The molecule has 138 valence electrons. The van der Waals surface area contributed by atoms with Crippen LogP contribution >= 0.6 is 0 Å². The molecule has 3 rings (SSSR count). The van der Waals surface area contributed by atoms with E-state index in [1.807, 2.05) is 19.1 Å². The molecule has 0 aliphatic rings. The lowest BCUT2D eigenvalue weighted by atomic mass is 9.97. The van der Waals surface area contributed by atoms with Gasteiger partial charge in [0.15, 0.2) is 23.3 Å². The van der Waals surface area contributed by atoms with Gasteiger partial charge >= 0.3 is 0 Å². The summed E-state index contributed by atoms with van der Waals surface area (Å²) in [5, 5.41) is 2.57. The fourth-order valence-electron chi connectivity index (χ4n) is 2.71. The van der Waals surface area contributed by atoms with Crippen molar-refractivity contribution in [3.05, 3.63) is 106 Å². The van der Waals surface area contributed by atoms with E-state index < -0.39 is 40.8 Å². The Labute approximate surface area is 153 Å². The van der Waals surface area contributed by atoms with Gasteiger partial charge in [0.25, 0.3) is 5.91 Å². The monoisotopic (exact) mass is 373 g/mol. The molecular formula is C21H15F4NO. The molecule has 1 atom stereocenters. The molecule has 0 spiro atoms. The first-order chi connectivity index (χ1) is 12.9. The smallest absolute Gasteiger partial charge is 0.255 e. The third kappa shape index (κ3) is 3.84. The highest BCUT2D eigenvalue weighted by Crippen LogP contribution is 2.24. The maximum Gasteiger partial charge on any atom is 0.255 e. The zero-order valence-corrected chi connectivity index (χ0v) is 14.3. The zero-order chi connectivity index (χ0) is 19.6. The van der Waals surface area contributed by atoms with Crippen LogP contribution in [0.25, 0.3) is 0 Å². The summed E-state index contributed by atoms with van der Waals surface area (Å²) in [6, 6.07) is 15.8. The molecule has 6 heteroatoms. The molecule has 1 unspecified atom stereocenters. The predicted molar refractivity (Wildman–Crippen MR) is 93.2 cm³/mol. The van der Waals surface area contributed by atoms with Crippen molar-refractivity contribution in [2.24, 2.45) is 0 Å². The molecule has 0 aromatic heterocycles. The summed E-state index contributed by atoms with van der Waals surface area (Å²) in [6.45, 7) is 1.90. The third-order valence-electron chi connectivity index (χ3n) is 4.17. The lowest BCUT2D eigenvalue weighted by Gasteiger charge is -2.20. The van der Waals surface area contributed by atoms with Gasteiger partial charge in [-0.25, -0.2) is 17.6 Å². The van der Waals surface area contributed by atoms with Crippen LogP contribution in [0.1, 0.15) is 33.1 Å². The molecule has 0 radical (unpaired) electrons. The minimum atomic E-state index is -2.02. The second-order valence-electron chi connectivity index (χ2n) is 6.08. The van der Waals surface area contributed by atoms with E-state index in [2.05, 4.69) is 5.32 Å². The van der Waals surface area contributed by atoms with E-state index in [-0.39, 0.29) is 0 Å². The zero-order valence-electron chi connectivity index (χ0n) is 14.3. The fraction of sp³-hybridized carbons (Fsp3) is 0.0952. The Morgan fingerprint density at radius 3 is 2.04 bits per heavy atom. The maximum absolute atomic E-state index is 14.0. The second-order valence-corrected chi connectivity index (χ2v) is 6.08. The summed E-state index contributed by atoms with van der Waals surface area (Å²) in [7, 11) is 0. The van der Waals surface area contributed by atoms with Gasteiger partial charge in [0, 0.05) is 0 Å². The predicted octanol–water partition coefficient (Wildman–Crippen LogP) is 5.07. The Hall–Kier alpha value is -3.15. The van der Waals surface area contributed by atoms with Crippen molar-refractivity contribution >= 4 is 5.91 Å². The van der Waals surface area contributed by atoms with Gasteiger partial charge in [0.2, 0.25) is 0 Å². The molecule has 0 heterocycles. The van der Waals surface area contributed by atoms with Gasteiger partial charge in [0.05, 0.1) is 11.6 Å². The van der Waals surface area contributed by atoms with Crippen molar-refractivity contribution in [3.8, 4) is 0 Å². The number of halogens is 4. The van der Waals surface area contributed by atoms with E-state index in [1.54, 1.807) is 42.5 Å². The number of nitrogens with one attached hydrogen (secondary N) is 1. The Balaban J connectivity index is 2.00. The largest absolute Gasteiger partial charge is 0.341 e. The molecule has 0 fully saturated rings. The topological polar surface area (TPSA) is 29.1 Å². The molecule has 0 saturated carbocycles. The highest BCUT2D eigenvalue weighted by atomic mass is 19.2. The van der Waals surface area contributed by atoms with Gasteiger partial charge in [-0.05, 0) is 24.1 Å². The van der Waals surface area contributed by atoms with Crippen LogP contribution in [0.15, 0.2) is 60.7 Å². The SMILES string of the molecule is Cc1ccc(C(NC(=O)c2cc(F)c(F)c(F)c2F)c2ccccc2)cc1. The van der Waals surface area contributed by atoms with E-state index in [0.717, 1.165) is 5.56 Å². The summed E-state index contributed by atoms with van der Waals surface area (Å²) in [6.07, 6.45) is 0. The number of rotatable bonds is 4. The van der Waals surface area contributed by atoms with E-state index in [0.29, 0.717) is 17.2 Å². The Morgan fingerprint density at radius 2 is 1.41 bits per heavy atom. The van der Waals surface area contributed by atoms with E-state index in [9.17, 15) is 22.4 Å². The van der Waals surface area contributed by atoms with Crippen molar-refractivity contribution in [1.29, 1.82) is 0 Å². The Morgan fingerprint density at radius 1 is 0.815 bits per heavy atom. The van der Waals surface area contributed by atoms with Crippen molar-refractivity contribution < 1.29 is 22.4 Å². The first-order valence-electron chi connectivity index (χ1n) is 8.14. The quantitative estimate of drug-likeness (QED) is 0.386. The lowest BCUT2D eigenvalue weighted by Crippen LogP contribution is -2.30. The molecular weight excluding hydrogens is 358 g/mol. The Kier molecular flexibility index (Phi) is 5.26. The number of carbonyl (C=O) groups is 1. The molecule has 0 saturated heterocycles. The van der Waals surface area contributed by atoms with Crippen LogP contribution in [0.2, 0.25) is 0 Å². The first-order valence-corrected chi connectivity index (χ1v) is 8.14. The van der Waals surface area contributed by atoms with Crippen LogP contribution in [0.4, 0.5) is 17.6 Å². The number of hydrogen-bond acceptors (Lipinski definition) is 1. The number of aryl methyl sites for hydroxylation is 1. The number of benzene rings is 3. The molecule has 0 bridgehead atoms. The molecule has 0 aliphatic carbocycles. The molecule has 3 aromatic rings. The summed E-state index contributed by atoms with van der Waals surface area (Å²) < 4.78 is 54.0. The summed E-state index contributed by atoms with van der Waals surface area (Å²) in [5.74, 6) is -8.40. The average molecular weight is 373 g/mol. The van der Waals surface area contributed by atoms with E-state index in [1.165, 1.54) is 0 Å². The van der Waals surface area contributed by atoms with Crippen molar-refractivity contribution in [2.45, 2.75) is 13.0 Å². The molecule has 1 N–H and O–H groups in total. The van der Waals surface area contributed by atoms with Gasteiger partial charge in [-0.3, -0.25) is 4.79 Å². The highest BCUT2D eigenvalue weighted by molar-refractivity contribution is 5.95. The average Bonchev–Trinajstić information content (AvgIpc) is 2.68. The van der Waals surface area contributed by atoms with Gasteiger partial charge in [-0.1, -0.05) is 60.2 Å². The lowest BCUT2D eigenvalue weighted by molar-refractivity contribution is 0.0937. The van der Waals surface area contributed by atoms with Crippen molar-refractivity contribution in [3.63, 3.8) is 0 Å². The molecule has 0 aliphatic heterocycles. The Bertz CT molecular complexity index is 972. The molecule has 3 aromatic carbocycles. The van der Waals surface area contributed by atoms with Crippen LogP contribution in [0.3, 0.4) is 0 Å². The number of hydrogen-bond donors (Lipinski definition) is 1. The first kappa shape index (κ1) is 18.6. The second kappa shape index (κ2) is 7.61. The highest BCUT2D eigenvalue weighted by Gasteiger charge is 2.25.